The van der Waals surface area contributed by atoms with Crippen LogP contribution >= 0.6 is 23.2 Å². The predicted octanol–water partition coefficient (Wildman–Crippen LogP) is 2.88. The third-order valence-corrected chi connectivity index (χ3v) is 2.03. The van der Waals surface area contributed by atoms with Gasteiger partial charge in [0.2, 0.25) is 0 Å². The highest BCUT2D eigenvalue weighted by Gasteiger charge is 2.12. The van der Waals surface area contributed by atoms with Crippen molar-refractivity contribution in [1.29, 1.82) is 0 Å². The topological polar surface area (TPSA) is 38.3 Å². The molecule has 0 saturated heterocycles. The summed E-state index contributed by atoms with van der Waals surface area (Å²) in [6, 6.07) is 6.83. The number of para-hydroxylation sites is 1. The van der Waals surface area contributed by atoms with Crippen LogP contribution in [0.15, 0.2) is 24.3 Å². The number of alkyl halides is 2. The van der Waals surface area contributed by atoms with Crippen LogP contribution in [0.2, 0.25) is 0 Å². The van der Waals surface area contributed by atoms with E-state index in [4.69, 9.17) is 27.9 Å². The number of rotatable bonds is 2. The highest BCUT2D eigenvalue weighted by Crippen LogP contribution is 2.32. The molecule has 1 aromatic carbocycles. The van der Waals surface area contributed by atoms with E-state index in [2.05, 4.69) is 5.32 Å². The van der Waals surface area contributed by atoms with Gasteiger partial charge in [-0.3, -0.25) is 0 Å². The molecule has 0 bridgehead atoms. The van der Waals surface area contributed by atoms with Crippen LogP contribution in [0.25, 0.3) is 0 Å². The Bertz CT molecular complexity index is 328. The van der Waals surface area contributed by atoms with E-state index < -0.39 is 10.9 Å². The minimum Gasteiger partial charge on any atom is -0.410 e. The third kappa shape index (κ3) is 2.79. The highest BCUT2D eigenvalue weighted by molar-refractivity contribution is 6.44. The summed E-state index contributed by atoms with van der Waals surface area (Å²) in [6.45, 7) is 0. The fraction of sp³-hybridized carbons (Fsp3) is 0.222. The Labute approximate surface area is 92.0 Å². The summed E-state index contributed by atoms with van der Waals surface area (Å²) in [4.78, 5) is 10.2. The number of carbonyl (C=O) groups excluding carboxylic acids is 1. The van der Waals surface area contributed by atoms with Crippen molar-refractivity contribution < 1.29 is 9.53 Å². The van der Waals surface area contributed by atoms with Crippen LogP contribution in [-0.4, -0.2) is 13.1 Å². The van der Waals surface area contributed by atoms with E-state index in [1.807, 2.05) is 0 Å². The summed E-state index contributed by atoms with van der Waals surface area (Å²) in [7, 11) is 1.48. The number of nitrogens with one attached hydrogen (secondary N) is 1. The van der Waals surface area contributed by atoms with E-state index in [-0.39, 0.29) is 0 Å². The van der Waals surface area contributed by atoms with Gasteiger partial charge >= 0.3 is 6.09 Å². The molecule has 0 unspecified atom stereocenters. The van der Waals surface area contributed by atoms with Gasteiger partial charge in [0.1, 0.15) is 10.6 Å². The Morgan fingerprint density at radius 2 is 2.07 bits per heavy atom. The maximum absolute atomic E-state index is 10.9. The van der Waals surface area contributed by atoms with Crippen molar-refractivity contribution in [3.63, 3.8) is 0 Å². The predicted molar refractivity (Wildman–Crippen MR) is 56.0 cm³/mol. The smallest absolute Gasteiger partial charge is 0.410 e. The van der Waals surface area contributed by atoms with Crippen LogP contribution in [0.1, 0.15) is 10.4 Å². The van der Waals surface area contributed by atoms with E-state index in [1.165, 1.54) is 7.05 Å². The minimum atomic E-state index is -0.712. The molecule has 76 valence electrons. The van der Waals surface area contributed by atoms with Crippen molar-refractivity contribution in [2.75, 3.05) is 7.05 Å². The van der Waals surface area contributed by atoms with Crippen molar-refractivity contribution in [3.05, 3.63) is 29.8 Å². The lowest BCUT2D eigenvalue weighted by atomic mass is 10.2. The van der Waals surface area contributed by atoms with Gasteiger partial charge in [0.25, 0.3) is 0 Å². The molecule has 0 aliphatic rings. The lowest BCUT2D eigenvalue weighted by Gasteiger charge is -2.09. The molecule has 1 N–H and O–H groups in total. The minimum absolute atomic E-state index is 0.363. The fourth-order valence-corrected chi connectivity index (χ4v) is 1.27. The van der Waals surface area contributed by atoms with Crippen LogP contribution in [0, 0.1) is 0 Å². The Hall–Kier alpha value is -0.930. The van der Waals surface area contributed by atoms with Crippen molar-refractivity contribution in [2.24, 2.45) is 0 Å². The molecular weight excluding hydrogens is 225 g/mol. The third-order valence-electron chi connectivity index (χ3n) is 1.56. The van der Waals surface area contributed by atoms with Crippen molar-refractivity contribution in [2.45, 2.75) is 4.84 Å². The number of hydrogen-bond acceptors (Lipinski definition) is 2. The molecule has 0 aliphatic heterocycles. The molecule has 0 saturated carbocycles. The largest absolute Gasteiger partial charge is 0.412 e. The molecule has 1 aromatic rings. The first-order valence-corrected chi connectivity index (χ1v) is 4.79. The Balaban J connectivity index is 2.90. The zero-order valence-corrected chi connectivity index (χ0v) is 8.97. The maximum atomic E-state index is 10.9. The number of ether oxygens (including phenoxy) is 1. The lowest BCUT2D eigenvalue weighted by molar-refractivity contribution is 0.202. The molecule has 1 rings (SSSR count). The first-order chi connectivity index (χ1) is 6.65. The zero-order valence-electron chi connectivity index (χ0n) is 7.46. The number of halogens is 2. The number of amides is 1. The maximum Gasteiger partial charge on any atom is 0.412 e. The zero-order chi connectivity index (χ0) is 10.6. The fourth-order valence-electron chi connectivity index (χ4n) is 0.905. The highest BCUT2D eigenvalue weighted by atomic mass is 35.5. The Morgan fingerprint density at radius 1 is 1.43 bits per heavy atom. The first kappa shape index (κ1) is 11.1. The van der Waals surface area contributed by atoms with Crippen LogP contribution in [0.4, 0.5) is 4.79 Å². The summed E-state index contributed by atoms with van der Waals surface area (Å²) >= 11 is 11.4. The van der Waals surface area contributed by atoms with Gasteiger partial charge in [-0.15, -0.1) is 0 Å². The van der Waals surface area contributed by atoms with Crippen LogP contribution < -0.4 is 10.1 Å². The van der Waals surface area contributed by atoms with E-state index in [9.17, 15) is 4.79 Å². The van der Waals surface area contributed by atoms with Gasteiger partial charge in [-0.25, -0.2) is 4.79 Å². The average molecular weight is 234 g/mol. The van der Waals surface area contributed by atoms with Crippen LogP contribution in [0.5, 0.6) is 5.75 Å². The van der Waals surface area contributed by atoms with Gasteiger partial charge in [-0.2, -0.15) is 0 Å². The van der Waals surface area contributed by atoms with Crippen molar-refractivity contribution in [1.82, 2.24) is 5.32 Å². The van der Waals surface area contributed by atoms with Crippen LogP contribution in [0.3, 0.4) is 0 Å². The molecule has 0 radical (unpaired) electrons. The quantitative estimate of drug-likeness (QED) is 0.799. The van der Waals surface area contributed by atoms with E-state index in [1.54, 1.807) is 24.3 Å². The van der Waals surface area contributed by atoms with Gasteiger partial charge < -0.3 is 10.1 Å². The Morgan fingerprint density at radius 3 is 2.64 bits per heavy atom. The van der Waals surface area contributed by atoms with Gasteiger partial charge in [0.15, 0.2) is 0 Å². The standard InChI is InChI=1S/C9H9Cl2NO2/c1-12-9(13)14-7-5-3-2-4-6(7)8(10)11/h2-5,8H,1H3,(H,12,13). The van der Waals surface area contributed by atoms with Gasteiger partial charge in [-0.05, 0) is 6.07 Å². The number of hydrogen-bond donors (Lipinski definition) is 1. The van der Waals surface area contributed by atoms with E-state index in [0.717, 1.165) is 0 Å². The first-order valence-electron chi connectivity index (χ1n) is 3.91. The van der Waals surface area contributed by atoms with Gasteiger partial charge in [-0.1, -0.05) is 41.4 Å². The second-order valence-corrected chi connectivity index (χ2v) is 3.57. The summed E-state index contributed by atoms with van der Waals surface area (Å²) in [5.74, 6) is 0.363. The molecule has 0 fully saturated rings. The molecule has 0 spiro atoms. The number of carbonyl (C=O) groups is 1. The molecule has 14 heavy (non-hydrogen) atoms. The molecule has 3 nitrogen and oxygen atoms in total. The number of benzene rings is 1. The SMILES string of the molecule is CNC(=O)Oc1ccccc1C(Cl)Cl. The summed E-state index contributed by atoms with van der Waals surface area (Å²) in [5.41, 5.74) is 0.569. The normalized spacial score (nSPS) is 10.0. The van der Waals surface area contributed by atoms with Crippen LogP contribution in [-0.2, 0) is 0 Å². The molecule has 0 atom stereocenters. The molecular formula is C9H9Cl2NO2. The second kappa shape index (κ2) is 5.08. The van der Waals surface area contributed by atoms with Gasteiger partial charge in [0.05, 0.1) is 0 Å². The van der Waals surface area contributed by atoms with Gasteiger partial charge in [0, 0.05) is 12.6 Å². The van der Waals surface area contributed by atoms with Crippen molar-refractivity contribution in [3.8, 4) is 5.75 Å². The molecule has 0 aliphatic carbocycles. The summed E-state index contributed by atoms with van der Waals surface area (Å²) in [5, 5.41) is 2.33. The van der Waals surface area contributed by atoms with Crippen molar-refractivity contribution >= 4 is 29.3 Å². The molecule has 0 heterocycles. The second-order valence-electron chi connectivity index (χ2n) is 2.48. The molecule has 5 heteroatoms. The summed E-state index contributed by atoms with van der Waals surface area (Å²) < 4.78 is 4.94. The Kier molecular flexibility index (Phi) is 4.04. The van der Waals surface area contributed by atoms with E-state index in [0.29, 0.717) is 11.3 Å². The summed E-state index contributed by atoms with van der Waals surface area (Å²) in [6.07, 6.45) is -0.550. The molecule has 1 amide bonds. The van der Waals surface area contributed by atoms with E-state index >= 15 is 0 Å². The molecule has 0 aromatic heterocycles. The lowest BCUT2D eigenvalue weighted by Crippen LogP contribution is -2.22. The monoisotopic (exact) mass is 233 g/mol. The average Bonchev–Trinajstić information content (AvgIpc) is 2.18.